The van der Waals surface area contributed by atoms with E-state index in [9.17, 15) is 4.39 Å². The fourth-order valence-electron chi connectivity index (χ4n) is 2.70. The molecule has 0 aliphatic carbocycles. The van der Waals surface area contributed by atoms with Crippen molar-refractivity contribution >= 4 is 23.1 Å². The molecule has 0 atom stereocenters. The first-order valence-electron chi connectivity index (χ1n) is 8.29. The maximum absolute atomic E-state index is 13.1. The van der Waals surface area contributed by atoms with Gasteiger partial charge in [-0.3, -0.25) is 0 Å². The van der Waals surface area contributed by atoms with Crippen LogP contribution >= 0.6 is 23.1 Å². The van der Waals surface area contributed by atoms with Gasteiger partial charge in [-0.15, -0.1) is 16.4 Å². The number of hydrogen-bond acceptors (Lipinski definition) is 6. The topological polar surface area (TPSA) is 56.5 Å². The number of aromatic nitrogens is 5. The van der Waals surface area contributed by atoms with Gasteiger partial charge in [0.2, 0.25) is 5.16 Å². The molecule has 0 unspecified atom stereocenters. The Morgan fingerprint density at radius 3 is 2.70 bits per heavy atom. The fourth-order valence-corrected chi connectivity index (χ4v) is 4.41. The van der Waals surface area contributed by atoms with Crippen molar-refractivity contribution in [2.24, 2.45) is 0 Å². The molecule has 27 heavy (non-hydrogen) atoms. The molecule has 136 valence electrons. The van der Waals surface area contributed by atoms with E-state index in [0.717, 1.165) is 32.7 Å². The average Bonchev–Trinajstić information content (AvgIpc) is 3.30. The summed E-state index contributed by atoms with van der Waals surface area (Å²) < 4.78 is 14.8. The Hall–Kier alpha value is -2.58. The van der Waals surface area contributed by atoms with Gasteiger partial charge in [-0.05, 0) is 60.2 Å². The third-order valence-corrected chi connectivity index (χ3v) is 5.91. The zero-order chi connectivity index (χ0) is 18.8. The third-order valence-electron chi connectivity index (χ3n) is 4.01. The third kappa shape index (κ3) is 3.91. The fraction of sp³-hybridized carbons (Fsp3) is 0.158. The quantitative estimate of drug-likeness (QED) is 0.451. The molecule has 0 N–H and O–H groups in total. The largest absolute Gasteiger partial charge is 0.240 e. The van der Waals surface area contributed by atoms with Gasteiger partial charge < -0.3 is 0 Å². The molecule has 0 spiro atoms. The molecule has 0 saturated heterocycles. The Morgan fingerprint density at radius 2 is 1.93 bits per heavy atom. The number of hydrogen-bond donors (Lipinski definition) is 0. The molecule has 2 heterocycles. The summed E-state index contributed by atoms with van der Waals surface area (Å²) in [7, 11) is 0. The highest BCUT2D eigenvalue weighted by Crippen LogP contribution is 2.28. The second-order valence-corrected chi connectivity index (χ2v) is 7.90. The van der Waals surface area contributed by atoms with Crippen molar-refractivity contribution in [1.82, 2.24) is 25.2 Å². The van der Waals surface area contributed by atoms with Crippen LogP contribution in [0.4, 0.5) is 4.39 Å². The average molecular weight is 398 g/mol. The minimum Gasteiger partial charge on any atom is -0.240 e. The van der Waals surface area contributed by atoms with E-state index in [-0.39, 0.29) is 5.82 Å². The molecule has 0 aliphatic rings. The maximum Gasteiger partial charge on any atom is 0.214 e. The van der Waals surface area contributed by atoms with Gasteiger partial charge in [-0.2, -0.15) is 4.68 Å². The highest BCUT2D eigenvalue weighted by molar-refractivity contribution is 7.98. The van der Waals surface area contributed by atoms with Crippen molar-refractivity contribution in [3.63, 3.8) is 0 Å². The number of benzene rings is 2. The molecule has 2 aromatic carbocycles. The SMILES string of the molecule is Cc1ccc(-n2nnnc2SCc2csc(-c3ccc(F)cc3)n2)c(C)c1. The van der Waals surface area contributed by atoms with Crippen LogP contribution in [-0.2, 0) is 5.75 Å². The Labute approximate surface area is 164 Å². The molecule has 0 bridgehead atoms. The van der Waals surface area contributed by atoms with Gasteiger partial charge >= 0.3 is 0 Å². The van der Waals surface area contributed by atoms with E-state index in [2.05, 4.69) is 33.5 Å². The second kappa shape index (κ2) is 7.58. The van der Waals surface area contributed by atoms with Crippen LogP contribution in [0.15, 0.2) is 53.0 Å². The van der Waals surface area contributed by atoms with Crippen LogP contribution in [0.5, 0.6) is 0 Å². The normalized spacial score (nSPS) is 11.1. The molecule has 5 nitrogen and oxygen atoms in total. The molecule has 0 amide bonds. The van der Waals surface area contributed by atoms with Gasteiger partial charge in [-0.25, -0.2) is 9.37 Å². The van der Waals surface area contributed by atoms with Gasteiger partial charge in [0, 0.05) is 16.7 Å². The number of thiazole rings is 1. The summed E-state index contributed by atoms with van der Waals surface area (Å²) >= 11 is 3.08. The lowest BCUT2D eigenvalue weighted by molar-refractivity contribution is 0.628. The van der Waals surface area contributed by atoms with Crippen molar-refractivity contribution in [3.8, 4) is 16.3 Å². The van der Waals surface area contributed by atoms with E-state index in [1.165, 1.54) is 29.5 Å². The first kappa shape index (κ1) is 17.8. The molecule has 0 fully saturated rings. The Kier molecular flexibility index (Phi) is 5.00. The summed E-state index contributed by atoms with van der Waals surface area (Å²) in [5.74, 6) is 0.410. The summed E-state index contributed by atoms with van der Waals surface area (Å²) in [5.41, 5.74) is 5.15. The lowest BCUT2D eigenvalue weighted by Crippen LogP contribution is -2.02. The van der Waals surface area contributed by atoms with Gasteiger partial charge in [0.05, 0.1) is 11.4 Å². The molecular weight excluding hydrogens is 381 g/mol. The Morgan fingerprint density at radius 1 is 1.11 bits per heavy atom. The van der Waals surface area contributed by atoms with Crippen molar-refractivity contribution in [2.45, 2.75) is 24.8 Å². The van der Waals surface area contributed by atoms with E-state index in [4.69, 9.17) is 0 Å². The van der Waals surface area contributed by atoms with Gasteiger partial charge in [-0.1, -0.05) is 29.5 Å². The standard InChI is InChI=1S/C19H16FN5S2/c1-12-3-8-17(13(2)9-12)25-19(22-23-24-25)27-11-16-10-26-18(21-16)14-4-6-15(20)7-5-14/h3-10H,11H2,1-2H3. The first-order chi connectivity index (χ1) is 13.1. The monoisotopic (exact) mass is 397 g/mol. The van der Waals surface area contributed by atoms with Crippen LogP contribution in [0.25, 0.3) is 16.3 Å². The highest BCUT2D eigenvalue weighted by Gasteiger charge is 2.13. The van der Waals surface area contributed by atoms with Crippen molar-refractivity contribution in [1.29, 1.82) is 0 Å². The summed E-state index contributed by atoms with van der Waals surface area (Å²) in [6.45, 7) is 4.11. The zero-order valence-corrected chi connectivity index (χ0v) is 16.4. The molecule has 2 aromatic heterocycles. The van der Waals surface area contributed by atoms with Crippen LogP contribution in [0, 0.1) is 19.7 Å². The molecule has 0 saturated carbocycles. The van der Waals surface area contributed by atoms with Gasteiger partial charge in [0.1, 0.15) is 10.8 Å². The Bertz CT molecular complexity index is 1070. The summed E-state index contributed by atoms with van der Waals surface area (Å²) in [5, 5.41) is 15.7. The molecule has 0 aliphatic heterocycles. The second-order valence-electron chi connectivity index (χ2n) is 6.10. The predicted molar refractivity (Wildman–Crippen MR) is 106 cm³/mol. The van der Waals surface area contributed by atoms with Gasteiger partial charge in [0.15, 0.2) is 0 Å². The number of halogens is 1. The molecule has 4 aromatic rings. The maximum atomic E-state index is 13.1. The minimum atomic E-state index is -0.246. The van der Waals surface area contributed by atoms with Crippen molar-refractivity contribution < 1.29 is 4.39 Å². The van der Waals surface area contributed by atoms with E-state index in [0.29, 0.717) is 5.75 Å². The van der Waals surface area contributed by atoms with Crippen molar-refractivity contribution in [3.05, 3.63) is 70.5 Å². The van der Waals surface area contributed by atoms with Crippen LogP contribution in [0.1, 0.15) is 16.8 Å². The lowest BCUT2D eigenvalue weighted by Gasteiger charge is -2.07. The molecule has 0 radical (unpaired) electrons. The predicted octanol–water partition coefficient (Wildman–Crippen LogP) is 4.83. The van der Waals surface area contributed by atoms with Crippen LogP contribution in [-0.4, -0.2) is 25.2 Å². The number of tetrazole rings is 1. The van der Waals surface area contributed by atoms with Crippen LogP contribution in [0.3, 0.4) is 0 Å². The number of thioether (sulfide) groups is 1. The first-order valence-corrected chi connectivity index (χ1v) is 10.2. The Balaban J connectivity index is 1.50. The summed E-state index contributed by atoms with van der Waals surface area (Å²) in [6, 6.07) is 12.6. The zero-order valence-electron chi connectivity index (χ0n) is 14.8. The number of aryl methyl sites for hydroxylation is 2. The lowest BCUT2D eigenvalue weighted by atomic mass is 10.1. The summed E-state index contributed by atoms with van der Waals surface area (Å²) in [6.07, 6.45) is 0. The number of nitrogens with zero attached hydrogens (tertiary/aromatic N) is 5. The van der Waals surface area contributed by atoms with Crippen LogP contribution in [0.2, 0.25) is 0 Å². The van der Waals surface area contributed by atoms with E-state index >= 15 is 0 Å². The smallest absolute Gasteiger partial charge is 0.214 e. The van der Waals surface area contributed by atoms with Crippen LogP contribution < -0.4 is 0 Å². The summed E-state index contributed by atoms with van der Waals surface area (Å²) in [4.78, 5) is 4.64. The van der Waals surface area contributed by atoms with E-state index < -0.39 is 0 Å². The molecular formula is C19H16FN5S2. The molecule has 4 rings (SSSR count). The minimum absolute atomic E-state index is 0.246. The van der Waals surface area contributed by atoms with Crippen molar-refractivity contribution in [2.75, 3.05) is 0 Å². The van der Waals surface area contributed by atoms with E-state index in [1.54, 1.807) is 28.2 Å². The molecule has 8 heteroatoms. The van der Waals surface area contributed by atoms with E-state index in [1.807, 2.05) is 24.4 Å². The van der Waals surface area contributed by atoms with Gasteiger partial charge in [0.25, 0.3) is 0 Å². The number of rotatable bonds is 5. The highest BCUT2D eigenvalue weighted by atomic mass is 32.2.